The molecule has 0 saturated heterocycles. The Balaban J connectivity index is 3.31. The molecule has 0 aliphatic rings. The summed E-state index contributed by atoms with van der Waals surface area (Å²) in [6.45, 7) is 3.94. The highest BCUT2D eigenvalue weighted by Gasteiger charge is 2.20. The molecule has 2 N–H and O–H groups in total. The third-order valence-electron chi connectivity index (χ3n) is 2.41. The number of sulfonamides is 1. The molecule has 3 nitrogen and oxygen atoms in total. The molecule has 0 aliphatic heterocycles. The van der Waals surface area contributed by atoms with Crippen molar-refractivity contribution in [3.05, 3.63) is 29.8 Å². The van der Waals surface area contributed by atoms with Crippen molar-refractivity contribution < 1.29 is 8.42 Å². The Morgan fingerprint density at radius 2 is 1.80 bits per heavy atom. The summed E-state index contributed by atoms with van der Waals surface area (Å²) in [5.74, 6) is 0.0968. The highest BCUT2D eigenvalue weighted by molar-refractivity contribution is 9.09. The van der Waals surface area contributed by atoms with Crippen LogP contribution in [0.5, 0.6) is 0 Å². The predicted octanol–water partition coefficient (Wildman–Crippen LogP) is 2.22. The molecule has 84 valence electrons. The molecule has 0 aliphatic carbocycles. The topological polar surface area (TPSA) is 60.2 Å². The summed E-state index contributed by atoms with van der Waals surface area (Å²) in [5.41, 5.74) is 0.754. The summed E-state index contributed by atoms with van der Waals surface area (Å²) in [5, 5.41) is 5.15. The first-order chi connectivity index (χ1) is 6.84. The zero-order valence-electron chi connectivity index (χ0n) is 8.64. The van der Waals surface area contributed by atoms with Crippen LogP contribution in [-0.4, -0.2) is 13.2 Å². The molecule has 1 rings (SSSR count). The number of hydrogen-bond donors (Lipinski definition) is 1. The van der Waals surface area contributed by atoms with Gasteiger partial charge < -0.3 is 0 Å². The Morgan fingerprint density at radius 1 is 1.27 bits per heavy atom. The van der Waals surface area contributed by atoms with Crippen molar-refractivity contribution in [2.45, 2.75) is 29.5 Å². The Labute approximate surface area is 98.9 Å². The fourth-order valence-electron chi connectivity index (χ4n) is 1.36. The Morgan fingerprint density at radius 3 is 2.27 bits per heavy atom. The molecule has 2 atom stereocenters. The fraction of sp³-hybridized carbons (Fsp3) is 0.400. The maximum atomic E-state index is 11.3. The third-order valence-corrected chi connectivity index (χ3v) is 4.18. The monoisotopic (exact) mass is 291 g/mol. The Kier molecular flexibility index (Phi) is 3.92. The summed E-state index contributed by atoms with van der Waals surface area (Å²) in [4.78, 5) is 0.407. The van der Waals surface area contributed by atoms with Crippen LogP contribution in [0.2, 0.25) is 0 Å². The maximum Gasteiger partial charge on any atom is 0.238 e. The third kappa shape index (κ3) is 3.03. The van der Waals surface area contributed by atoms with Gasteiger partial charge in [0.25, 0.3) is 0 Å². The number of nitrogens with two attached hydrogens (primary N) is 1. The molecule has 0 saturated carbocycles. The van der Waals surface area contributed by atoms with Crippen LogP contribution in [-0.2, 0) is 10.0 Å². The van der Waals surface area contributed by atoms with Crippen LogP contribution < -0.4 is 5.14 Å². The first-order valence-corrected chi connectivity index (χ1v) is 7.06. The van der Waals surface area contributed by atoms with E-state index in [1.807, 2.05) is 19.9 Å². The number of benzene rings is 1. The molecule has 15 heavy (non-hydrogen) atoms. The minimum atomic E-state index is -3.63. The quantitative estimate of drug-likeness (QED) is 0.868. The summed E-state index contributed by atoms with van der Waals surface area (Å²) >= 11 is 3.44. The van der Waals surface area contributed by atoms with E-state index < -0.39 is 10.0 Å². The molecule has 0 radical (unpaired) electrons. The molecule has 0 heterocycles. The molecule has 0 bridgehead atoms. The largest absolute Gasteiger partial charge is 0.238 e. The minimum Gasteiger partial charge on any atom is -0.225 e. The highest BCUT2D eigenvalue weighted by Crippen LogP contribution is 2.28. The van der Waals surface area contributed by atoms with E-state index in [9.17, 15) is 8.42 Å². The number of alkyl halides is 1. The van der Waals surface area contributed by atoms with Crippen LogP contribution in [0.4, 0.5) is 0 Å². The molecular formula is C10H14BrNO2S. The van der Waals surface area contributed by atoms with Gasteiger partial charge in [-0.05, 0) is 17.5 Å². The SMILES string of the molecule is CC(Br)C(C)c1ccccc1S(N)(=O)=O. The van der Waals surface area contributed by atoms with Crippen LogP contribution in [0.1, 0.15) is 25.3 Å². The molecule has 0 aromatic heterocycles. The number of rotatable bonds is 3. The van der Waals surface area contributed by atoms with Crippen molar-refractivity contribution in [2.24, 2.45) is 5.14 Å². The normalized spacial score (nSPS) is 16.0. The second-order valence-corrected chi connectivity index (χ2v) is 6.52. The van der Waals surface area contributed by atoms with Crippen molar-refractivity contribution in [2.75, 3.05) is 0 Å². The number of primary sulfonamides is 1. The van der Waals surface area contributed by atoms with Crippen LogP contribution in [0, 0.1) is 0 Å². The maximum absolute atomic E-state index is 11.3. The zero-order chi connectivity index (χ0) is 11.6. The van der Waals surface area contributed by atoms with Crippen molar-refractivity contribution in [1.29, 1.82) is 0 Å². The van der Waals surface area contributed by atoms with Crippen molar-refractivity contribution in [3.8, 4) is 0 Å². The average Bonchev–Trinajstić information content (AvgIpc) is 2.15. The zero-order valence-corrected chi connectivity index (χ0v) is 11.0. The van der Waals surface area contributed by atoms with E-state index in [1.165, 1.54) is 6.07 Å². The number of halogens is 1. The van der Waals surface area contributed by atoms with E-state index in [4.69, 9.17) is 5.14 Å². The first-order valence-electron chi connectivity index (χ1n) is 4.60. The predicted molar refractivity (Wildman–Crippen MR) is 64.6 cm³/mol. The van der Waals surface area contributed by atoms with Gasteiger partial charge >= 0.3 is 0 Å². The molecule has 1 aromatic rings. The summed E-state index contributed by atoms with van der Waals surface area (Å²) in [6.07, 6.45) is 0. The van der Waals surface area contributed by atoms with Crippen LogP contribution >= 0.6 is 15.9 Å². The second-order valence-electron chi connectivity index (χ2n) is 3.55. The van der Waals surface area contributed by atoms with Gasteiger partial charge in [-0.15, -0.1) is 0 Å². The van der Waals surface area contributed by atoms with Crippen LogP contribution in [0.25, 0.3) is 0 Å². The van der Waals surface area contributed by atoms with E-state index in [-0.39, 0.29) is 15.6 Å². The first kappa shape index (κ1) is 12.7. The average molecular weight is 292 g/mol. The van der Waals surface area contributed by atoms with E-state index in [0.29, 0.717) is 0 Å². The van der Waals surface area contributed by atoms with Gasteiger partial charge in [-0.1, -0.05) is 48.0 Å². The molecule has 0 fully saturated rings. The molecule has 0 amide bonds. The standard InChI is InChI=1S/C10H14BrNO2S/c1-7(8(2)11)9-5-3-4-6-10(9)15(12,13)14/h3-8H,1-2H3,(H2,12,13,14). The van der Waals surface area contributed by atoms with Gasteiger partial charge in [-0.2, -0.15) is 0 Å². The van der Waals surface area contributed by atoms with Crippen molar-refractivity contribution in [3.63, 3.8) is 0 Å². The summed E-state index contributed by atoms with van der Waals surface area (Å²) < 4.78 is 22.7. The second kappa shape index (κ2) is 4.63. The minimum absolute atomic E-state index is 0.0968. The number of hydrogen-bond acceptors (Lipinski definition) is 2. The van der Waals surface area contributed by atoms with E-state index in [0.717, 1.165) is 5.56 Å². The lowest BCUT2D eigenvalue weighted by Gasteiger charge is -2.17. The molecule has 5 heteroatoms. The lowest BCUT2D eigenvalue weighted by Crippen LogP contribution is -2.17. The molecular weight excluding hydrogens is 278 g/mol. The van der Waals surface area contributed by atoms with Gasteiger partial charge in [0.1, 0.15) is 0 Å². The van der Waals surface area contributed by atoms with Crippen molar-refractivity contribution in [1.82, 2.24) is 0 Å². The lowest BCUT2D eigenvalue weighted by molar-refractivity contribution is 0.594. The van der Waals surface area contributed by atoms with E-state index in [2.05, 4.69) is 15.9 Å². The summed E-state index contributed by atoms with van der Waals surface area (Å²) in [6, 6.07) is 6.82. The van der Waals surface area contributed by atoms with E-state index in [1.54, 1.807) is 12.1 Å². The van der Waals surface area contributed by atoms with Gasteiger partial charge in [0.2, 0.25) is 10.0 Å². The molecule has 2 unspecified atom stereocenters. The van der Waals surface area contributed by atoms with Crippen LogP contribution in [0.3, 0.4) is 0 Å². The Bertz CT molecular complexity index is 442. The Hall–Kier alpha value is -0.390. The summed E-state index contributed by atoms with van der Waals surface area (Å²) in [7, 11) is -3.63. The van der Waals surface area contributed by atoms with Gasteiger partial charge in [0.15, 0.2) is 0 Å². The molecule has 1 aromatic carbocycles. The van der Waals surface area contributed by atoms with Gasteiger partial charge in [-0.3, -0.25) is 0 Å². The van der Waals surface area contributed by atoms with Gasteiger partial charge in [0.05, 0.1) is 4.90 Å². The highest BCUT2D eigenvalue weighted by atomic mass is 79.9. The van der Waals surface area contributed by atoms with Crippen LogP contribution in [0.15, 0.2) is 29.2 Å². The van der Waals surface area contributed by atoms with Gasteiger partial charge in [-0.25, -0.2) is 13.6 Å². The molecule has 0 spiro atoms. The van der Waals surface area contributed by atoms with E-state index >= 15 is 0 Å². The van der Waals surface area contributed by atoms with Gasteiger partial charge in [0, 0.05) is 4.83 Å². The van der Waals surface area contributed by atoms with Crippen molar-refractivity contribution >= 4 is 26.0 Å². The fourth-order valence-corrected chi connectivity index (χ4v) is 2.50. The lowest BCUT2D eigenvalue weighted by atomic mass is 9.99. The smallest absolute Gasteiger partial charge is 0.225 e.